The average molecular weight is 323 g/mol. The Morgan fingerprint density at radius 3 is 2.91 bits per heavy atom. The van der Waals surface area contributed by atoms with Crippen molar-refractivity contribution in [1.82, 2.24) is 15.1 Å². The summed E-state index contributed by atoms with van der Waals surface area (Å²) in [5.41, 5.74) is 1.10. The quantitative estimate of drug-likeness (QED) is 0.777. The van der Waals surface area contributed by atoms with Gasteiger partial charge in [-0.05, 0) is 69.0 Å². The maximum atomic E-state index is 12.7. The highest BCUT2D eigenvalue weighted by Crippen LogP contribution is 2.47. The lowest BCUT2D eigenvalue weighted by molar-refractivity contribution is 0.122. The number of fused-ring (bicyclic) bond motifs is 1. The van der Waals surface area contributed by atoms with Crippen LogP contribution in [0, 0.1) is 5.92 Å². The van der Waals surface area contributed by atoms with Crippen molar-refractivity contribution in [2.75, 3.05) is 6.54 Å². The minimum absolute atomic E-state index is 0.204. The fraction of sp³-hybridized carbons (Fsp3) is 0.778. The molecule has 23 heavy (non-hydrogen) atoms. The van der Waals surface area contributed by atoms with Crippen LogP contribution < -0.4 is 0 Å². The van der Waals surface area contributed by atoms with E-state index in [9.17, 15) is 8.78 Å². The van der Waals surface area contributed by atoms with Gasteiger partial charge in [-0.3, -0.25) is 4.90 Å². The number of hydrogen-bond donors (Lipinski definition) is 0. The third kappa shape index (κ3) is 3.54. The smallest absolute Gasteiger partial charge is 0.282 e. The summed E-state index contributed by atoms with van der Waals surface area (Å²) in [6.45, 7) is 5.83. The molecule has 2 aliphatic rings. The topological polar surface area (TPSA) is 29.0 Å². The minimum atomic E-state index is -2.54. The summed E-state index contributed by atoms with van der Waals surface area (Å²) in [5.74, 6) is 0.729. The van der Waals surface area contributed by atoms with E-state index in [0.29, 0.717) is 11.6 Å². The van der Waals surface area contributed by atoms with Crippen molar-refractivity contribution in [1.29, 1.82) is 0 Å². The van der Waals surface area contributed by atoms with E-state index in [1.54, 1.807) is 6.20 Å². The Balaban J connectivity index is 1.62. The number of rotatable bonds is 6. The Bertz CT molecular complexity index is 535. The van der Waals surface area contributed by atoms with Gasteiger partial charge in [-0.2, -0.15) is 5.10 Å². The van der Waals surface area contributed by atoms with Gasteiger partial charge in [-0.25, -0.2) is 8.78 Å². The summed E-state index contributed by atoms with van der Waals surface area (Å²) < 4.78 is 25.5. The molecule has 1 aromatic rings. The van der Waals surface area contributed by atoms with Gasteiger partial charge in [0.05, 0.1) is 6.20 Å². The van der Waals surface area contributed by atoms with Gasteiger partial charge >= 0.3 is 0 Å². The summed E-state index contributed by atoms with van der Waals surface area (Å²) in [7, 11) is 0. The van der Waals surface area contributed by atoms with Crippen LogP contribution in [-0.4, -0.2) is 33.2 Å². The molecule has 0 spiro atoms. The first-order valence-corrected chi connectivity index (χ1v) is 8.86. The van der Waals surface area contributed by atoms with E-state index in [1.807, 2.05) is 0 Å². The second-order valence-electron chi connectivity index (χ2n) is 7.64. The van der Waals surface area contributed by atoms with Crippen molar-refractivity contribution in [3.63, 3.8) is 0 Å². The molecule has 0 amide bonds. The minimum Gasteiger partial charge on any atom is -0.295 e. The molecular weight excluding hydrogens is 296 g/mol. The predicted molar refractivity (Wildman–Crippen MR) is 86.5 cm³/mol. The molecular formula is C18H27F2N3. The van der Waals surface area contributed by atoms with E-state index < -0.39 is 6.43 Å². The zero-order valence-electron chi connectivity index (χ0n) is 14.1. The fourth-order valence-electron chi connectivity index (χ4n) is 4.77. The van der Waals surface area contributed by atoms with Crippen molar-refractivity contribution in [2.45, 2.75) is 76.8 Å². The molecule has 5 heteroatoms. The summed E-state index contributed by atoms with van der Waals surface area (Å²) in [6, 6.07) is 2.11. The van der Waals surface area contributed by atoms with E-state index >= 15 is 0 Å². The third-order valence-corrected chi connectivity index (χ3v) is 5.54. The van der Waals surface area contributed by atoms with E-state index in [4.69, 9.17) is 0 Å². The van der Waals surface area contributed by atoms with E-state index in [-0.39, 0.29) is 5.69 Å². The van der Waals surface area contributed by atoms with Crippen LogP contribution in [0.3, 0.4) is 0 Å². The lowest BCUT2D eigenvalue weighted by atomic mass is 9.85. The zero-order chi connectivity index (χ0) is 16.4. The Morgan fingerprint density at radius 1 is 1.35 bits per heavy atom. The number of hydrogen-bond acceptors (Lipinski definition) is 3. The normalized spacial score (nSPS) is 28.0. The summed E-state index contributed by atoms with van der Waals surface area (Å²) in [4.78, 5) is 2.73. The van der Waals surface area contributed by atoms with Gasteiger partial charge in [0.15, 0.2) is 0 Å². The number of aryl methyl sites for hydroxylation is 1. The Hall–Kier alpha value is -1.10. The van der Waals surface area contributed by atoms with Gasteiger partial charge < -0.3 is 0 Å². The van der Waals surface area contributed by atoms with Crippen LogP contribution in [-0.2, 0) is 6.42 Å². The van der Waals surface area contributed by atoms with Crippen LogP contribution in [0.15, 0.2) is 12.3 Å². The fourth-order valence-corrected chi connectivity index (χ4v) is 4.77. The van der Waals surface area contributed by atoms with Crippen molar-refractivity contribution in [3.05, 3.63) is 23.5 Å². The molecule has 3 heterocycles. The summed E-state index contributed by atoms with van der Waals surface area (Å²) >= 11 is 0. The van der Waals surface area contributed by atoms with Crippen LogP contribution in [0.5, 0.6) is 0 Å². The molecule has 0 bridgehead atoms. The van der Waals surface area contributed by atoms with Crippen molar-refractivity contribution in [2.24, 2.45) is 5.92 Å². The van der Waals surface area contributed by atoms with Gasteiger partial charge in [0.2, 0.25) is 0 Å². The Labute approximate surface area is 137 Å². The first kappa shape index (κ1) is 16.7. The van der Waals surface area contributed by atoms with Gasteiger partial charge in [-0.1, -0.05) is 13.8 Å². The van der Waals surface area contributed by atoms with Crippen molar-refractivity contribution < 1.29 is 8.78 Å². The molecule has 3 nitrogen and oxygen atoms in total. The molecule has 2 saturated heterocycles. The highest BCUT2D eigenvalue weighted by molar-refractivity contribution is 5.14. The Morgan fingerprint density at radius 2 is 2.17 bits per heavy atom. The molecule has 128 valence electrons. The zero-order valence-corrected chi connectivity index (χ0v) is 14.1. The SMILES string of the molecule is CC(C)CC12CCCN1C(CCc1cnnc(C(F)F)c1)CC2. The molecule has 0 N–H and O–H groups in total. The Kier molecular flexibility index (Phi) is 4.95. The lowest BCUT2D eigenvalue weighted by Crippen LogP contribution is -2.43. The molecule has 0 aromatic carbocycles. The third-order valence-electron chi connectivity index (χ3n) is 5.54. The van der Waals surface area contributed by atoms with Crippen LogP contribution in [0.25, 0.3) is 0 Å². The molecule has 2 unspecified atom stereocenters. The summed E-state index contributed by atoms with van der Waals surface area (Å²) in [6.07, 6.45) is 7.40. The molecule has 2 fully saturated rings. The summed E-state index contributed by atoms with van der Waals surface area (Å²) in [5, 5.41) is 7.23. The second kappa shape index (κ2) is 6.80. The van der Waals surface area contributed by atoms with Gasteiger partial charge in [0, 0.05) is 11.6 Å². The molecule has 0 saturated carbocycles. The van der Waals surface area contributed by atoms with Crippen LogP contribution >= 0.6 is 0 Å². The van der Waals surface area contributed by atoms with Gasteiger partial charge in [0.25, 0.3) is 6.43 Å². The lowest BCUT2D eigenvalue weighted by Gasteiger charge is -2.36. The predicted octanol–water partition coefficient (Wildman–Crippen LogP) is 4.39. The van der Waals surface area contributed by atoms with E-state index in [1.165, 1.54) is 44.7 Å². The molecule has 2 atom stereocenters. The molecule has 1 aromatic heterocycles. The highest BCUT2D eigenvalue weighted by atomic mass is 19.3. The molecule has 0 radical (unpaired) electrons. The first-order chi connectivity index (χ1) is 11.0. The molecule has 0 aliphatic carbocycles. The second-order valence-corrected chi connectivity index (χ2v) is 7.64. The standard InChI is InChI=1S/C18H27F2N3/c1-13(2)11-18-7-3-9-23(18)15(6-8-18)5-4-14-10-16(17(19)20)22-21-12-14/h10,12-13,15,17H,3-9,11H2,1-2H3. The molecule has 2 aliphatic heterocycles. The van der Waals surface area contributed by atoms with Crippen molar-refractivity contribution in [3.8, 4) is 0 Å². The maximum absolute atomic E-state index is 12.7. The van der Waals surface area contributed by atoms with E-state index in [0.717, 1.165) is 24.3 Å². The van der Waals surface area contributed by atoms with Gasteiger partial charge in [0.1, 0.15) is 5.69 Å². The monoisotopic (exact) mass is 323 g/mol. The number of halogens is 2. The van der Waals surface area contributed by atoms with Crippen LogP contribution in [0.4, 0.5) is 8.78 Å². The average Bonchev–Trinajstić information content (AvgIpc) is 3.03. The highest BCUT2D eigenvalue weighted by Gasteiger charge is 2.48. The van der Waals surface area contributed by atoms with Crippen LogP contribution in [0.1, 0.15) is 70.1 Å². The van der Waals surface area contributed by atoms with Gasteiger partial charge in [-0.15, -0.1) is 5.10 Å². The van der Waals surface area contributed by atoms with Crippen LogP contribution in [0.2, 0.25) is 0 Å². The number of nitrogens with zero attached hydrogens (tertiary/aromatic N) is 3. The maximum Gasteiger partial charge on any atom is 0.282 e. The number of alkyl halides is 2. The number of aromatic nitrogens is 2. The van der Waals surface area contributed by atoms with Crippen molar-refractivity contribution >= 4 is 0 Å². The van der Waals surface area contributed by atoms with E-state index in [2.05, 4.69) is 28.9 Å². The molecule has 3 rings (SSSR count). The first-order valence-electron chi connectivity index (χ1n) is 8.86. The largest absolute Gasteiger partial charge is 0.295 e.